The van der Waals surface area contributed by atoms with Gasteiger partial charge in [0.2, 0.25) is 5.95 Å². The summed E-state index contributed by atoms with van der Waals surface area (Å²) in [5.74, 6) is 3.84. The van der Waals surface area contributed by atoms with Gasteiger partial charge in [-0.05, 0) is 13.0 Å². The van der Waals surface area contributed by atoms with Crippen LogP contribution in [0.5, 0.6) is 0 Å². The SMILES string of the molecule is C=CCSCCN=C(NCC)N1CCN(c2ncccn2)CC1.I. The monoisotopic (exact) mass is 462 g/mol. The first kappa shape index (κ1) is 21.0. The van der Waals surface area contributed by atoms with E-state index in [0.717, 1.165) is 62.7 Å². The van der Waals surface area contributed by atoms with Crippen molar-refractivity contribution in [3.8, 4) is 0 Å². The Bertz CT molecular complexity index is 491. The average molecular weight is 462 g/mol. The van der Waals surface area contributed by atoms with Crippen molar-refractivity contribution in [1.82, 2.24) is 20.2 Å². The molecule has 6 nitrogen and oxygen atoms in total. The van der Waals surface area contributed by atoms with Gasteiger partial charge >= 0.3 is 0 Å². The van der Waals surface area contributed by atoms with Crippen molar-refractivity contribution < 1.29 is 0 Å². The lowest BCUT2D eigenvalue weighted by molar-refractivity contribution is 0.370. The van der Waals surface area contributed by atoms with Gasteiger partial charge in [0.1, 0.15) is 0 Å². The summed E-state index contributed by atoms with van der Waals surface area (Å²) in [6, 6.07) is 1.85. The van der Waals surface area contributed by atoms with Crippen LogP contribution in [0.2, 0.25) is 0 Å². The smallest absolute Gasteiger partial charge is 0.225 e. The highest BCUT2D eigenvalue weighted by Gasteiger charge is 2.20. The summed E-state index contributed by atoms with van der Waals surface area (Å²) in [5.41, 5.74) is 0. The van der Waals surface area contributed by atoms with Crippen LogP contribution in [0, 0.1) is 0 Å². The minimum Gasteiger partial charge on any atom is -0.357 e. The van der Waals surface area contributed by atoms with Crippen LogP contribution in [0.25, 0.3) is 0 Å². The molecule has 1 aromatic heterocycles. The summed E-state index contributed by atoms with van der Waals surface area (Å²) in [6.07, 6.45) is 5.52. The van der Waals surface area contributed by atoms with Gasteiger partial charge in [-0.15, -0.1) is 30.6 Å². The highest BCUT2D eigenvalue weighted by atomic mass is 127. The summed E-state index contributed by atoms with van der Waals surface area (Å²) in [5, 5.41) is 3.39. The van der Waals surface area contributed by atoms with Crippen molar-refractivity contribution >= 4 is 47.6 Å². The highest BCUT2D eigenvalue weighted by molar-refractivity contribution is 14.0. The van der Waals surface area contributed by atoms with Gasteiger partial charge in [0.15, 0.2) is 5.96 Å². The first-order valence-electron chi connectivity index (χ1n) is 8.09. The quantitative estimate of drug-likeness (QED) is 0.220. The van der Waals surface area contributed by atoms with Crippen LogP contribution in [0.1, 0.15) is 6.92 Å². The molecular weight excluding hydrogens is 435 g/mol. The number of halogens is 1. The van der Waals surface area contributed by atoms with E-state index in [9.17, 15) is 0 Å². The molecule has 1 saturated heterocycles. The number of aromatic nitrogens is 2. The predicted molar refractivity (Wildman–Crippen MR) is 115 cm³/mol. The van der Waals surface area contributed by atoms with Crippen LogP contribution in [0.3, 0.4) is 0 Å². The summed E-state index contributed by atoms with van der Waals surface area (Å²) in [7, 11) is 0. The van der Waals surface area contributed by atoms with Crippen molar-refractivity contribution in [2.75, 3.05) is 55.7 Å². The first-order chi connectivity index (χ1) is 11.3. The van der Waals surface area contributed by atoms with E-state index in [2.05, 4.69) is 38.6 Å². The molecule has 0 aliphatic carbocycles. The molecule has 134 valence electrons. The Hall–Kier alpha value is -1.03. The molecule has 2 heterocycles. The third-order valence-corrected chi connectivity index (χ3v) is 4.42. The number of nitrogens with one attached hydrogen (secondary N) is 1. The minimum atomic E-state index is 0. The van der Waals surface area contributed by atoms with Gasteiger partial charge in [-0.3, -0.25) is 4.99 Å². The van der Waals surface area contributed by atoms with E-state index in [1.165, 1.54) is 0 Å². The molecule has 0 bridgehead atoms. The largest absolute Gasteiger partial charge is 0.357 e. The van der Waals surface area contributed by atoms with Crippen LogP contribution in [-0.4, -0.2) is 71.6 Å². The molecule has 8 heteroatoms. The second-order valence-corrected chi connectivity index (χ2v) is 6.27. The molecule has 0 atom stereocenters. The van der Waals surface area contributed by atoms with Crippen LogP contribution in [0.4, 0.5) is 5.95 Å². The van der Waals surface area contributed by atoms with E-state index in [1.807, 2.05) is 23.9 Å². The van der Waals surface area contributed by atoms with Gasteiger partial charge in [0, 0.05) is 56.6 Å². The number of thioether (sulfide) groups is 1. The molecule has 1 aliphatic heterocycles. The molecule has 0 spiro atoms. The van der Waals surface area contributed by atoms with Gasteiger partial charge in [-0.1, -0.05) is 6.08 Å². The third-order valence-electron chi connectivity index (χ3n) is 3.48. The van der Waals surface area contributed by atoms with Crippen LogP contribution >= 0.6 is 35.7 Å². The maximum atomic E-state index is 4.73. The van der Waals surface area contributed by atoms with Crippen LogP contribution < -0.4 is 10.2 Å². The topological polar surface area (TPSA) is 56.7 Å². The lowest BCUT2D eigenvalue weighted by Crippen LogP contribution is -2.53. The predicted octanol–water partition coefficient (Wildman–Crippen LogP) is 2.10. The zero-order chi connectivity index (χ0) is 16.3. The summed E-state index contributed by atoms with van der Waals surface area (Å²) >= 11 is 1.86. The van der Waals surface area contributed by atoms with E-state index >= 15 is 0 Å². The van der Waals surface area contributed by atoms with E-state index in [-0.39, 0.29) is 24.0 Å². The molecule has 0 unspecified atom stereocenters. The lowest BCUT2D eigenvalue weighted by Gasteiger charge is -2.36. The van der Waals surface area contributed by atoms with Crippen molar-refractivity contribution in [1.29, 1.82) is 0 Å². The summed E-state index contributed by atoms with van der Waals surface area (Å²) in [4.78, 5) is 17.9. The minimum absolute atomic E-state index is 0. The molecule has 0 amide bonds. The second-order valence-electron chi connectivity index (χ2n) is 5.12. The van der Waals surface area contributed by atoms with Crippen LogP contribution in [0.15, 0.2) is 36.1 Å². The molecule has 0 aromatic carbocycles. The summed E-state index contributed by atoms with van der Waals surface area (Å²) < 4.78 is 0. The van der Waals surface area contributed by atoms with Gasteiger partial charge in [0.25, 0.3) is 0 Å². The molecule has 0 radical (unpaired) electrons. The Balaban J connectivity index is 0.00000288. The standard InChI is InChI=1S/C16H26N6S.HI/c1-3-13-23-14-8-20-15(17-4-2)21-9-11-22(12-10-21)16-18-6-5-7-19-16;/h3,5-7H,1,4,8-14H2,2H3,(H,17,20);1H. The van der Waals surface area contributed by atoms with E-state index in [4.69, 9.17) is 4.99 Å². The number of hydrogen-bond acceptors (Lipinski definition) is 5. The van der Waals surface area contributed by atoms with Gasteiger partial charge in [0.05, 0.1) is 6.54 Å². The zero-order valence-corrected chi connectivity index (χ0v) is 17.4. The fourth-order valence-electron chi connectivity index (χ4n) is 2.38. The fourth-order valence-corrected chi connectivity index (χ4v) is 2.94. The highest BCUT2D eigenvalue weighted by Crippen LogP contribution is 2.10. The molecule has 0 saturated carbocycles. The molecule has 24 heavy (non-hydrogen) atoms. The molecule has 1 aliphatic rings. The number of piperazine rings is 1. The number of hydrogen-bond donors (Lipinski definition) is 1. The summed E-state index contributed by atoms with van der Waals surface area (Å²) in [6.45, 7) is 11.3. The molecular formula is C16H27IN6S. The lowest BCUT2D eigenvalue weighted by atomic mass is 10.3. The van der Waals surface area contributed by atoms with Gasteiger partial charge < -0.3 is 15.1 Å². The van der Waals surface area contributed by atoms with Gasteiger partial charge in [-0.25, -0.2) is 9.97 Å². The van der Waals surface area contributed by atoms with Gasteiger partial charge in [-0.2, -0.15) is 11.8 Å². The maximum Gasteiger partial charge on any atom is 0.225 e. The number of nitrogens with zero attached hydrogens (tertiary/aromatic N) is 5. The average Bonchev–Trinajstić information content (AvgIpc) is 2.61. The first-order valence-corrected chi connectivity index (χ1v) is 9.24. The Morgan fingerprint density at radius 1 is 1.33 bits per heavy atom. The van der Waals surface area contributed by atoms with E-state index in [0.29, 0.717) is 0 Å². The Morgan fingerprint density at radius 2 is 2.04 bits per heavy atom. The Morgan fingerprint density at radius 3 is 2.67 bits per heavy atom. The van der Waals surface area contributed by atoms with E-state index in [1.54, 1.807) is 12.4 Å². The number of guanidine groups is 1. The van der Waals surface area contributed by atoms with E-state index < -0.39 is 0 Å². The van der Waals surface area contributed by atoms with Crippen molar-refractivity contribution in [2.24, 2.45) is 4.99 Å². The number of anilines is 1. The Labute approximate surface area is 166 Å². The number of rotatable bonds is 7. The fraction of sp³-hybridized carbons (Fsp3) is 0.562. The second kappa shape index (κ2) is 12.3. The van der Waals surface area contributed by atoms with Crippen molar-refractivity contribution in [2.45, 2.75) is 6.92 Å². The number of aliphatic imine (C=N–C) groups is 1. The molecule has 1 aromatic rings. The molecule has 1 fully saturated rings. The third kappa shape index (κ3) is 6.84. The van der Waals surface area contributed by atoms with Crippen molar-refractivity contribution in [3.05, 3.63) is 31.1 Å². The maximum absolute atomic E-state index is 4.73. The normalized spacial score (nSPS) is 15.0. The van der Waals surface area contributed by atoms with Crippen molar-refractivity contribution in [3.63, 3.8) is 0 Å². The van der Waals surface area contributed by atoms with Crippen LogP contribution in [-0.2, 0) is 0 Å². The molecule has 1 N–H and O–H groups in total. The Kier molecular flexibility index (Phi) is 10.8. The molecule has 2 rings (SSSR count). The zero-order valence-electron chi connectivity index (χ0n) is 14.2.